The topological polar surface area (TPSA) is 53.6 Å². The fraction of sp³-hybridized carbons (Fsp3) is 0.333. The Bertz CT molecular complexity index is 393. The van der Waals surface area contributed by atoms with Crippen molar-refractivity contribution in [2.24, 2.45) is 0 Å². The molecule has 0 aliphatic carbocycles. The van der Waals surface area contributed by atoms with Crippen molar-refractivity contribution < 1.29 is 0 Å². The molecule has 2 N–H and O–H groups in total. The molecule has 5 heteroatoms. The van der Waals surface area contributed by atoms with Crippen LogP contribution in [0.3, 0.4) is 0 Å². The van der Waals surface area contributed by atoms with E-state index in [0.717, 1.165) is 5.82 Å². The van der Waals surface area contributed by atoms with E-state index in [-0.39, 0.29) is 6.04 Å². The maximum Gasteiger partial charge on any atom is 0.145 e. The summed E-state index contributed by atoms with van der Waals surface area (Å²) in [6.45, 7) is 2.10. The summed E-state index contributed by atoms with van der Waals surface area (Å²) in [5.74, 6) is 0.852. The summed E-state index contributed by atoms with van der Waals surface area (Å²) in [7, 11) is 1.92. The summed E-state index contributed by atoms with van der Waals surface area (Å²) in [6, 6.07) is 2.27. The van der Waals surface area contributed by atoms with Gasteiger partial charge >= 0.3 is 0 Å². The van der Waals surface area contributed by atoms with Gasteiger partial charge in [-0.05, 0) is 31.0 Å². The first-order valence-electron chi connectivity index (χ1n) is 4.39. The second kappa shape index (κ2) is 3.89. The number of hydrogen-bond donors (Lipinski definition) is 2. The number of thiophene rings is 1. The molecule has 2 aromatic rings. The minimum Gasteiger partial charge on any atom is -0.307 e. The Morgan fingerprint density at radius 1 is 1.57 bits per heavy atom. The Hall–Kier alpha value is -1.20. The van der Waals surface area contributed by atoms with E-state index in [9.17, 15) is 0 Å². The first kappa shape index (κ1) is 9.36. The summed E-state index contributed by atoms with van der Waals surface area (Å²) < 4.78 is 0. The van der Waals surface area contributed by atoms with Crippen molar-refractivity contribution in [1.29, 1.82) is 0 Å². The molecular formula is C9H12N4S. The zero-order valence-electron chi connectivity index (χ0n) is 8.11. The molecule has 0 saturated carbocycles. The van der Waals surface area contributed by atoms with Crippen molar-refractivity contribution in [3.8, 4) is 0 Å². The lowest BCUT2D eigenvalue weighted by Gasteiger charge is -2.10. The summed E-state index contributed by atoms with van der Waals surface area (Å²) in [6.07, 6.45) is 1.53. The highest BCUT2D eigenvalue weighted by molar-refractivity contribution is 7.10. The lowest BCUT2D eigenvalue weighted by Crippen LogP contribution is -2.18. The van der Waals surface area contributed by atoms with E-state index in [2.05, 4.69) is 38.9 Å². The Morgan fingerprint density at radius 2 is 2.43 bits per heavy atom. The van der Waals surface area contributed by atoms with Gasteiger partial charge in [-0.15, -0.1) is 11.3 Å². The van der Waals surface area contributed by atoms with E-state index in [4.69, 9.17) is 0 Å². The average molecular weight is 208 g/mol. The molecule has 0 radical (unpaired) electrons. The minimum atomic E-state index is 0.113. The van der Waals surface area contributed by atoms with Crippen LogP contribution in [-0.2, 0) is 0 Å². The fourth-order valence-corrected chi connectivity index (χ4v) is 2.16. The van der Waals surface area contributed by atoms with Crippen molar-refractivity contribution in [2.45, 2.75) is 13.0 Å². The number of hydrogen-bond acceptors (Lipinski definition) is 4. The van der Waals surface area contributed by atoms with Crippen molar-refractivity contribution in [3.05, 3.63) is 34.0 Å². The smallest absolute Gasteiger partial charge is 0.145 e. The lowest BCUT2D eigenvalue weighted by molar-refractivity contribution is 0.651. The van der Waals surface area contributed by atoms with Crippen LogP contribution in [0, 0.1) is 6.92 Å². The second-order valence-electron chi connectivity index (χ2n) is 3.08. The molecule has 0 spiro atoms. The van der Waals surface area contributed by atoms with E-state index < -0.39 is 0 Å². The Labute approximate surface area is 86.4 Å². The standard InChI is InChI=1S/C9H12N4S/c1-6-3-7(4-14-6)8(10-2)9-11-5-12-13-9/h3-5,8,10H,1-2H3,(H,11,12,13). The summed E-state index contributed by atoms with van der Waals surface area (Å²) in [4.78, 5) is 5.45. The van der Waals surface area contributed by atoms with Crippen LogP contribution in [0.2, 0.25) is 0 Å². The SMILES string of the molecule is CNC(c1csc(C)c1)c1ncn[nH]1. The lowest BCUT2D eigenvalue weighted by atomic mass is 10.1. The monoisotopic (exact) mass is 208 g/mol. The van der Waals surface area contributed by atoms with Gasteiger partial charge in [-0.1, -0.05) is 0 Å². The van der Waals surface area contributed by atoms with Crippen LogP contribution in [0.15, 0.2) is 17.8 Å². The van der Waals surface area contributed by atoms with Crippen molar-refractivity contribution in [1.82, 2.24) is 20.5 Å². The fourth-order valence-electron chi connectivity index (χ4n) is 1.43. The number of aryl methyl sites for hydroxylation is 1. The summed E-state index contributed by atoms with van der Waals surface area (Å²) in [5, 5.41) is 12.1. The molecule has 0 aliphatic rings. The third-order valence-corrected chi connectivity index (χ3v) is 2.96. The first-order valence-corrected chi connectivity index (χ1v) is 5.27. The quantitative estimate of drug-likeness (QED) is 0.803. The third kappa shape index (κ3) is 1.69. The molecular weight excluding hydrogens is 196 g/mol. The minimum absolute atomic E-state index is 0.113. The van der Waals surface area contributed by atoms with Gasteiger partial charge in [0.15, 0.2) is 0 Å². The zero-order chi connectivity index (χ0) is 9.97. The maximum atomic E-state index is 4.15. The predicted molar refractivity (Wildman–Crippen MR) is 56.3 cm³/mol. The van der Waals surface area contributed by atoms with Crippen LogP contribution in [-0.4, -0.2) is 22.2 Å². The van der Waals surface area contributed by atoms with E-state index in [1.807, 2.05) is 7.05 Å². The molecule has 1 unspecified atom stereocenters. The molecule has 0 fully saturated rings. The van der Waals surface area contributed by atoms with E-state index in [1.165, 1.54) is 16.8 Å². The Morgan fingerprint density at radius 3 is 2.93 bits per heavy atom. The zero-order valence-corrected chi connectivity index (χ0v) is 8.93. The molecule has 0 saturated heterocycles. The molecule has 2 rings (SSSR count). The molecule has 2 aromatic heterocycles. The highest BCUT2D eigenvalue weighted by Gasteiger charge is 2.15. The van der Waals surface area contributed by atoms with Gasteiger partial charge in [0.2, 0.25) is 0 Å². The highest BCUT2D eigenvalue weighted by atomic mass is 32.1. The molecule has 2 heterocycles. The van der Waals surface area contributed by atoms with Crippen LogP contribution in [0.25, 0.3) is 0 Å². The Balaban J connectivity index is 2.31. The number of H-pyrrole nitrogens is 1. The molecule has 0 bridgehead atoms. The van der Waals surface area contributed by atoms with Gasteiger partial charge in [0.05, 0.1) is 6.04 Å². The number of nitrogens with zero attached hydrogens (tertiary/aromatic N) is 2. The molecule has 4 nitrogen and oxygen atoms in total. The molecule has 0 aliphatic heterocycles. The van der Waals surface area contributed by atoms with Gasteiger partial charge in [0, 0.05) is 4.88 Å². The number of rotatable bonds is 3. The highest BCUT2D eigenvalue weighted by Crippen LogP contribution is 2.23. The first-order chi connectivity index (χ1) is 6.81. The van der Waals surface area contributed by atoms with Gasteiger partial charge < -0.3 is 5.32 Å². The van der Waals surface area contributed by atoms with Gasteiger partial charge in [-0.25, -0.2) is 4.98 Å². The number of aromatic amines is 1. The summed E-state index contributed by atoms with van der Waals surface area (Å²) in [5.41, 5.74) is 1.23. The molecule has 0 aromatic carbocycles. The van der Waals surface area contributed by atoms with E-state index >= 15 is 0 Å². The predicted octanol–water partition coefficient (Wildman–Crippen LogP) is 1.48. The Kier molecular flexibility index (Phi) is 2.60. The average Bonchev–Trinajstić information content (AvgIpc) is 2.79. The van der Waals surface area contributed by atoms with Gasteiger partial charge in [0.1, 0.15) is 12.2 Å². The van der Waals surface area contributed by atoms with Crippen LogP contribution >= 0.6 is 11.3 Å². The maximum absolute atomic E-state index is 4.15. The van der Waals surface area contributed by atoms with Gasteiger partial charge in [0.25, 0.3) is 0 Å². The molecule has 1 atom stereocenters. The van der Waals surface area contributed by atoms with Gasteiger partial charge in [-0.2, -0.15) is 5.10 Å². The second-order valence-corrected chi connectivity index (χ2v) is 4.20. The van der Waals surface area contributed by atoms with E-state index in [1.54, 1.807) is 11.3 Å². The van der Waals surface area contributed by atoms with Crippen LogP contribution < -0.4 is 5.32 Å². The van der Waals surface area contributed by atoms with E-state index in [0.29, 0.717) is 0 Å². The van der Waals surface area contributed by atoms with Gasteiger partial charge in [-0.3, -0.25) is 5.10 Å². The van der Waals surface area contributed by atoms with Crippen molar-refractivity contribution in [2.75, 3.05) is 7.05 Å². The third-order valence-electron chi connectivity index (χ3n) is 2.08. The molecule has 14 heavy (non-hydrogen) atoms. The normalized spacial score (nSPS) is 13.0. The van der Waals surface area contributed by atoms with Crippen LogP contribution in [0.4, 0.5) is 0 Å². The van der Waals surface area contributed by atoms with Crippen LogP contribution in [0.5, 0.6) is 0 Å². The summed E-state index contributed by atoms with van der Waals surface area (Å²) >= 11 is 1.74. The number of nitrogens with one attached hydrogen (secondary N) is 2. The number of aromatic nitrogens is 3. The van der Waals surface area contributed by atoms with Crippen LogP contribution in [0.1, 0.15) is 22.3 Å². The molecule has 0 amide bonds. The van der Waals surface area contributed by atoms with Crippen molar-refractivity contribution in [3.63, 3.8) is 0 Å². The largest absolute Gasteiger partial charge is 0.307 e. The van der Waals surface area contributed by atoms with Crippen molar-refractivity contribution >= 4 is 11.3 Å². The molecule has 74 valence electrons.